The number of piperidine rings is 1. The number of likely N-dealkylation sites (N-methyl/N-ethyl adjacent to an activating group) is 1. The molecule has 0 radical (unpaired) electrons. The summed E-state index contributed by atoms with van der Waals surface area (Å²) in [7, 11) is 4.26. The molecule has 1 aliphatic heterocycles. The Morgan fingerprint density at radius 3 is 2.48 bits per heavy atom. The molecular formula is C18H34N4O. The van der Waals surface area contributed by atoms with Gasteiger partial charge >= 0.3 is 0 Å². The molecule has 2 aliphatic carbocycles. The summed E-state index contributed by atoms with van der Waals surface area (Å²) in [6.07, 6.45) is 6.04. The van der Waals surface area contributed by atoms with Crippen molar-refractivity contribution in [2.75, 3.05) is 46.8 Å². The Morgan fingerprint density at radius 2 is 1.87 bits per heavy atom. The van der Waals surface area contributed by atoms with Gasteiger partial charge in [-0.05, 0) is 77.0 Å². The number of likely N-dealkylation sites (tertiary alicyclic amines) is 1. The van der Waals surface area contributed by atoms with Gasteiger partial charge in [0.25, 0.3) is 0 Å². The van der Waals surface area contributed by atoms with Gasteiger partial charge in [-0.25, -0.2) is 0 Å². The third-order valence-electron chi connectivity index (χ3n) is 6.42. The standard InChI is InChI=1S/C18H34N4O/c1-21(2)9-10-22-7-5-13(6-8-22)12-20-18(23)16-14-3-4-15(11-14)17(16)19/h13-17H,3-12,19H2,1-2H3,(H,20,23). The smallest absolute Gasteiger partial charge is 0.224 e. The van der Waals surface area contributed by atoms with E-state index in [9.17, 15) is 4.79 Å². The molecule has 4 unspecified atom stereocenters. The van der Waals surface area contributed by atoms with Crippen molar-refractivity contribution in [1.82, 2.24) is 15.1 Å². The molecule has 23 heavy (non-hydrogen) atoms. The van der Waals surface area contributed by atoms with E-state index in [2.05, 4.69) is 29.2 Å². The summed E-state index contributed by atoms with van der Waals surface area (Å²) >= 11 is 0. The lowest BCUT2D eigenvalue weighted by molar-refractivity contribution is -0.127. The number of nitrogens with two attached hydrogens (primary N) is 1. The second-order valence-electron chi connectivity index (χ2n) is 8.27. The molecule has 132 valence electrons. The van der Waals surface area contributed by atoms with Gasteiger partial charge in [0.2, 0.25) is 5.91 Å². The molecule has 5 heteroatoms. The van der Waals surface area contributed by atoms with Gasteiger partial charge in [-0.1, -0.05) is 0 Å². The fourth-order valence-electron chi connectivity index (χ4n) is 4.84. The number of amides is 1. The Balaban J connectivity index is 1.36. The Labute approximate surface area is 140 Å². The van der Waals surface area contributed by atoms with Crippen LogP contribution in [0.3, 0.4) is 0 Å². The van der Waals surface area contributed by atoms with Crippen LogP contribution in [-0.4, -0.2) is 68.6 Å². The molecule has 0 aromatic rings. The second kappa shape index (κ2) is 7.49. The number of nitrogens with zero attached hydrogens (tertiary/aromatic N) is 2. The number of carbonyl (C=O) groups excluding carboxylic acids is 1. The van der Waals surface area contributed by atoms with Crippen LogP contribution in [0.25, 0.3) is 0 Å². The topological polar surface area (TPSA) is 61.6 Å². The van der Waals surface area contributed by atoms with Gasteiger partial charge < -0.3 is 20.9 Å². The van der Waals surface area contributed by atoms with Gasteiger partial charge in [0.05, 0.1) is 5.92 Å². The van der Waals surface area contributed by atoms with E-state index in [1.54, 1.807) is 0 Å². The number of nitrogens with one attached hydrogen (secondary N) is 1. The predicted octanol–water partition coefficient (Wildman–Crippen LogP) is 0.750. The molecule has 3 aliphatic rings. The van der Waals surface area contributed by atoms with Crippen molar-refractivity contribution in [1.29, 1.82) is 0 Å². The molecule has 0 spiro atoms. The molecular weight excluding hydrogens is 288 g/mol. The van der Waals surface area contributed by atoms with Gasteiger partial charge in [-0.2, -0.15) is 0 Å². The molecule has 0 aromatic heterocycles. The first-order chi connectivity index (χ1) is 11.0. The maximum atomic E-state index is 12.5. The molecule has 2 saturated carbocycles. The molecule has 3 fully saturated rings. The zero-order chi connectivity index (χ0) is 16.4. The molecule has 3 N–H and O–H groups in total. The number of carbonyl (C=O) groups is 1. The van der Waals surface area contributed by atoms with E-state index < -0.39 is 0 Å². The van der Waals surface area contributed by atoms with Crippen LogP contribution in [0, 0.1) is 23.7 Å². The lowest BCUT2D eigenvalue weighted by Gasteiger charge is -2.33. The van der Waals surface area contributed by atoms with Crippen molar-refractivity contribution in [3.63, 3.8) is 0 Å². The van der Waals surface area contributed by atoms with Gasteiger partial charge in [-0.3, -0.25) is 4.79 Å². The van der Waals surface area contributed by atoms with E-state index in [4.69, 9.17) is 5.73 Å². The Morgan fingerprint density at radius 1 is 1.17 bits per heavy atom. The van der Waals surface area contributed by atoms with Crippen molar-refractivity contribution in [2.24, 2.45) is 29.4 Å². The van der Waals surface area contributed by atoms with Crippen LogP contribution < -0.4 is 11.1 Å². The largest absolute Gasteiger partial charge is 0.356 e. The van der Waals surface area contributed by atoms with E-state index in [1.807, 2.05) is 0 Å². The Kier molecular flexibility index (Phi) is 5.60. The summed E-state index contributed by atoms with van der Waals surface area (Å²) < 4.78 is 0. The molecule has 2 bridgehead atoms. The van der Waals surface area contributed by atoms with Crippen molar-refractivity contribution < 1.29 is 4.79 Å². The Bertz CT molecular complexity index is 404. The minimum Gasteiger partial charge on any atom is -0.356 e. The van der Waals surface area contributed by atoms with Crippen LogP contribution in [0.2, 0.25) is 0 Å². The third kappa shape index (κ3) is 4.06. The van der Waals surface area contributed by atoms with Crippen LogP contribution in [0.1, 0.15) is 32.1 Å². The first-order valence-corrected chi connectivity index (χ1v) is 9.45. The van der Waals surface area contributed by atoms with Crippen LogP contribution in [0.4, 0.5) is 0 Å². The van der Waals surface area contributed by atoms with E-state index in [0.717, 1.165) is 19.6 Å². The van der Waals surface area contributed by atoms with Crippen molar-refractivity contribution in [2.45, 2.75) is 38.1 Å². The summed E-state index contributed by atoms with van der Waals surface area (Å²) in [5, 5.41) is 3.23. The van der Waals surface area contributed by atoms with E-state index in [0.29, 0.717) is 17.8 Å². The van der Waals surface area contributed by atoms with Crippen molar-refractivity contribution in [3.05, 3.63) is 0 Å². The third-order valence-corrected chi connectivity index (χ3v) is 6.42. The predicted molar refractivity (Wildman–Crippen MR) is 93.0 cm³/mol. The highest BCUT2D eigenvalue weighted by atomic mass is 16.1. The van der Waals surface area contributed by atoms with Gasteiger partial charge in [0.15, 0.2) is 0 Å². The van der Waals surface area contributed by atoms with Gasteiger partial charge in [0.1, 0.15) is 0 Å². The summed E-state index contributed by atoms with van der Waals surface area (Å²) in [6, 6.07) is 0.113. The maximum Gasteiger partial charge on any atom is 0.224 e. The van der Waals surface area contributed by atoms with Crippen LogP contribution in [-0.2, 0) is 4.79 Å². The Hall–Kier alpha value is -0.650. The quantitative estimate of drug-likeness (QED) is 0.757. The highest BCUT2D eigenvalue weighted by molar-refractivity contribution is 5.80. The lowest BCUT2D eigenvalue weighted by atomic mass is 9.84. The summed E-state index contributed by atoms with van der Waals surface area (Å²) in [6.45, 7) is 5.47. The average Bonchev–Trinajstić information content (AvgIpc) is 3.12. The minimum atomic E-state index is 0.0916. The van der Waals surface area contributed by atoms with Crippen LogP contribution in [0.15, 0.2) is 0 Å². The molecule has 0 aromatic carbocycles. The van der Waals surface area contributed by atoms with Gasteiger partial charge in [0, 0.05) is 25.7 Å². The van der Waals surface area contributed by atoms with E-state index >= 15 is 0 Å². The fourth-order valence-corrected chi connectivity index (χ4v) is 4.84. The number of hydrogen-bond acceptors (Lipinski definition) is 4. The van der Waals surface area contributed by atoms with Crippen molar-refractivity contribution in [3.8, 4) is 0 Å². The molecule has 5 nitrogen and oxygen atoms in total. The molecule has 1 heterocycles. The highest BCUT2D eigenvalue weighted by Gasteiger charge is 2.49. The van der Waals surface area contributed by atoms with E-state index in [-0.39, 0.29) is 17.9 Å². The second-order valence-corrected chi connectivity index (χ2v) is 8.27. The highest BCUT2D eigenvalue weighted by Crippen LogP contribution is 2.47. The monoisotopic (exact) mass is 322 g/mol. The summed E-state index contributed by atoms with van der Waals surface area (Å²) in [4.78, 5) is 17.3. The lowest BCUT2D eigenvalue weighted by Crippen LogP contribution is -2.47. The summed E-state index contributed by atoms with van der Waals surface area (Å²) in [5.41, 5.74) is 6.28. The average molecular weight is 322 g/mol. The fraction of sp³-hybridized carbons (Fsp3) is 0.944. The normalized spacial score (nSPS) is 35.1. The first-order valence-electron chi connectivity index (χ1n) is 9.45. The molecule has 4 atom stereocenters. The van der Waals surface area contributed by atoms with Crippen LogP contribution in [0.5, 0.6) is 0 Å². The SMILES string of the molecule is CN(C)CCN1CCC(CNC(=O)C2C3CCC(C3)C2N)CC1. The first kappa shape index (κ1) is 17.2. The zero-order valence-electron chi connectivity index (χ0n) is 14.8. The minimum absolute atomic E-state index is 0.0916. The van der Waals surface area contributed by atoms with Gasteiger partial charge in [-0.15, -0.1) is 0 Å². The molecule has 1 saturated heterocycles. The van der Waals surface area contributed by atoms with E-state index in [1.165, 1.54) is 45.2 Å². The molecule has 3 rings (SSSR count). The maximum absolute atomic E-state index is 12.5. The van der Waals surface area contributed by atoms with Crippen molar-refractivity contribution >= 4 is 5.91 Å². The number of fused-ring (bicyclic) bond motifs is 2. The number of hydrogen-bond donors (Lipinski definition) is 2. The van der Waals surface area contributed by atoms with Crippen LogP contribution >= 0.6 is 0 Å². The zero-order valence-corrected chi connectivity index (χ0v) is 14.8. The summed E-state index contributed by atoms with van der Waals surface area (Å²) in [5.74, 6) is 2.14. The number of rotatable bonds is 6. The molecule has 1 amide bonds.